The van der Waals surface area contributed by atoms with E-state index >= 15 is 0 Å². The van der Waals surface area contributed by atoms with Gasteiger partial charge in [-0.25, -0.2) is 4.98 Å². The van der Waals surface area contributed by atoms with Crippen LogP contribution in [0.15, 0.2) is 30.5 Å². The van der Waals surface area contributed by atoms with Gasteiger partial charge in [-0.1, -0.05) is 12.1 Å². The minimum Gasteiger partial charge on any atom is -0.480 e. The third-order valence-corrected chi connectivity index (χ3v) is 5.40. The Hall–Kier alpha value is -2.80. The summed E-state index contributed by atoms with van der Waals surface area (Å²) < 4.78 is 10.5. The smallest absolute Gasteiger partial charge is 0.319 e. The predicted octanol–water partition coefficient (Wildman–Crippen LogP) is 3.13. The maximum Gasteiger partial charge on any atom is 0.319 e. The van der Waals surface area contributed by atoms with Crippen LogP contribution in [0.2, 0.25) is 0 Å². The number of hydrogen-bond acceptors (Lipinski definition) is 7. The van der Waals surface area contributed by atoms with Gasteiger partial charge in [0.2, 0.25) is 5.88 Å². The van der Waals surface area contributed by atoms with E-state index < -0.39 is 0 Å². The summed E-state index contributed by atoms with van der Waals surface area (Å²) in [5.41, 5.74) is 3.59. The van der Waals surface area contributed by atoms with Gasteiger partial charge in [0.15, 0.2) is 0 Å². The molecule has 0 bridgehead atoms. The number of hydrogen-bond donors (Lipinski definition) is 0. The number of aromatic nitrogens is 4. The Kier molecular flexibility index (Phi) is 5.34. The summed E-state index contributed by atoms with van der Waals surface area (Å²) in [7, 11) is 3.11. The maximum absolute atomic E-state index is 5.39. The largest absolute Gasteiger partial charge is 0.480 e. The average molecular weight is 379 g/mol. The van der Waals surface area contributed by atoms with Gasteiger partial charge in [-0.05, 0) is 44.0 Å². The lowest BCUT2D eigenvalue weighted by atomic mass is 10.1. The van der Waals surface area contributed by atoms with Crippen molar-refractivity contribution < 1.29 is 9.47 Å². The minimum atomic E-state index is 0.276. The van der Waals surface area contributed by atoms with Crippen LogP contribution in [0.5, 0.6) is 11.9 Å². The van der Waals surface area contributed by atoms with E-state index in [1.54, 1.807) is 13.3 Å². The molecule has 3 aromatic rings. The van der Waals surface area contributed by atoms with Crippen LogP contribution in [0, 0.1) is 0 Å². The highest BCUT2D eigenvalue weighted by Gasteiger charge is 2.19. The molecule has 0 spiro atoms. The van der Waals surface area contributed by atoms with Crippen LogP contribution >= 0.6 is 0 Å². The second-order valence-corrected chi connectivity index (χ2v) is 7.17. The molecule has 3 heterocycles. The molecule has 28 heavy (non-hydrogen) atoms. The first-order valence-corrected chi connectivity index (χ1v) is 9.63. The SMILES string of the molecule is COc1ncc(-c2ccc3cc(CCN4CCC[C@H]4C)nnc3c2)c(OC)n1. The average Bonchev–Trinajstić information content (AvgIpc) is 3.16. The molecule has 0 N–H and O–H groups in total. The van der Waals surface area contributed by atoms with Gasteiger partial charge < -0.3 is 14.4 Å². The van der Waals surface area contributed by atoms with E-state index in [4.69, 9.17) is 9.47 Å². The molecule has 2 aromatic heterocycles. The fourth-order valence-electron chi connectivity index (χ4n) is 3.75. The fourth-order valence-corrected chi connectivity index (χ4v) is 3.75. The van der Waals surface area contributed by atoms with Crippen molar-refractivity contribution in [2.75, 3.05) is 27.3 Å². The van der Waals surface area contributed by atoms with Crippen molar-refractivity contribution in [2.45, 2.75) is 32.2 Å². The first kappa shape index (κ1) is 18.6. The third-order valence-electron chi connectivity index (χ3n) is 5.40. The third kappa shape index (κ3) is 3.75. The van der Waals surface area contributed by atoms with Gasteiger partial charge in [0, 0.05) is 30.6 Å². The van der Waals surface area contributed by atoms with Crippen molar-refractivity contribution in [3.8, 4) is 23.0 Å². The molecule has 0 aliphatic carbocycles. The standard InChI is InChI=1S/C21H25N5O2/c1-14-5-4-9-26(14)10-8-17-11-16-7-6-15(12-19(16)25-24-17)18-13-22-21(28-3)23-20(18)27-2/h6-7,11-14H,4-5,8-10H2,1-3H3/t14-/m1/s1. The van der Waals surface area contributed by atoms with Crippen LogP contribution < -0.4 is 9.47 Å². The van der Waals surface area contributed by atoms with Crippen LogP contribution in [-0.2, 0) is 6.42 Å². The molecule has 1 aromatic carbocycles. The molecule has 7 nitrogen and oxygen atoms in total. The molecule has 1 atom stereocenters. The van der Waals surface area contributed by atoms with Crippen molar-refractivity contribution in [2.24, 2.45) is 0 Å². The Morgan fingerprint density at radius 1 is 1.14 bits per heavy atom. The zero-order valence-electron chi connectivity index (χ0n) is 16.6. The highest BCUT2D eigenvalue weighted by atomic mass is 16.5. The summed E-state index contributed by atoms with van der Waals surface area (Å²) in [6.45, 7) is 4.54. The topological polar surface area (TPSA) is 73.3 Å². The zero-order valence-corrected chi connectivity index (χ0v) is 16.6. The Bertz CT molecular complexity index is 978. The van der Waals surface area contributed by atoms with Crippen molar-refractivity contribution in [1.82, 2.24) is 25.1 Å². The van der Waals surface area contributed by atoms with E-state index in [1.165, 1.54) is 26.5 Å². The van der Waals surface area contributed by atoms with Crippen LogP contribution in [0.3, 0.4) is 0 Å². The molecular weight excluding hydrogens is 354 g/mol. The number of benzene rings is 1. The predicted molar refractivity (Wildman–Crippen MR) is 108 cm³/mol. The number of rotatable bonds is 6. The number of fused-ring (bicyclic) bond motifs is 1. The van der Waals surface area contributed by atoms with Crippen LogP contribution in [0.1, 0.15) is 25.5 Å². The minimum absolute atomic E-state index is 0.276. The van der Waals surface area contributed by atoms with E-state index in [9.17, 15) is 0 Å². The molecule has 1 saturated heterocycles. The molecule has 7 heteroatoms. The summed E-state index contributed by atoms with van der Waals surface area (Å²) >= 11 is 0. The Labute approximate surface area is 164 Å². The summed E-state index contributed by atoms with van der Waals surface area (Å²) in [5, 5.41) is 9.96. The first-order valence-electron chi connectivity index (χ1n) is 9.63. The summed E-state index contributed by atoms with van der Waals surface area (Å²) in [4.78, 5) is 11.0. The number of likely N-dealkylation sites (tertiary alicyclic amines) is 1. The van der Waals surface area contributed by atoms with Gasteiger partial charge in [-0.15, -0.1) is 0 Å². The molecule has 0 radical (unpaired) electrons. The Morgan fingerprint density at radius 3 is 2.79 bits per heavy atom. The van der Waals surface area contributed by atoms with Crippen LogP contribution in [-0.4, -0.2) is 58.4 Å². The van der Waals surface area contributed by atoms with Gasteiger partial charge in [-0.2, -0.15) is 15.2 Å². The van der Waals surface area contributed by atoms with E-state index in [1.807, 2.05) is 12.1 Å². The van der Waals surface area contributed by atoms with E-state index in [-0.39, 0.29) is 6.01 Å². The Morgan fingerprint density at radius 2 is 2.04 bits per heavy atom. The summed E-state index contributed by atoms with van der Waals surface area (Å²) in [6, 6.07) is 9.17. The molecule has 0 unspecified atom stereocenters. The molecule has 1 fully saturated rings. The summed E-state index contributed by atoms with van der Waals surface area (Å²) in [6.07, 6.45) is 5.22. The summed E-state index contributed by atoms with van der Waals surface area (Å²) in [5.74, 6) is 0.468. The van der Waals surface area contributed by atoms with Crippen molar-refractivity contribution in [1.29, 1.82) is 0 Å². The zero-order chi connectivity index (χ0) is 19.5. The second-order valence-electron chi connectivity index (χ2n) is 7.17. The highest BCUT2D eigenvalue weighted by Crippen LogP contribution is 2.30. The molecule has 146 valence electrons. The number of ether oxygens (including phenoxy) is 2. The quantitative estimate of drug-likeness (QED) is 0.651. The lowest BCUT2D eigenvalue weighted by molar-refractivity contribution is 0.271. The van der Waals surface area contributed by atoms with E-state index in [2.05, 4.69) is 44.1 Å². The Balaban J connectivity index is 1.57. The van der Waals surface area contributed by atoms with Gasteiger partial charge >= 0.3 is 6.01 Å². The highest BCUT2D eigenvalue weighted by molar-refractivity contribution is 5.84. The number of nitrogens with zero attached hydrogens (tertiary/aromatic N) is 5. The van der Waals surface area contributed by atoms with Gasteiger partial charge in [0.25, 0.3) is 0 Å². The second kappa shape index (κ2) is 8.06. The van der Waals surface area contributed by atoms with E-state index in [0.29, 0.717) is 11.9 Å². The molecule has 4 rings (SSSR count). The van der Waals surface area contributed by atoms with Crippen molar-refractivity contribution >= 4 is 10.9 Å². The lowest BCUT2D eigenvalue weighted by Gasteiger charge is -2.20. The van der Waals surface area contributed by atoms with Crippen molar-refractivity contribution in [3.63, 3.8) is 0 Å². The fraction of sp³-hybridized carbons (Fsp3) is 0.429. The molecule has 0 saturated carbocycles. The maximum atomic E-state index is 5.39. The molecule has 1 aliphatic heterocycles. The first-order chi connectivity index (χ1) is 13.7. The van der Waals surface area contributed by atoms with Crippen LogP contribution in [0.25, 0.3) is 22.0 Å². The van der Waals surface area contributed by atoms with E-state index in [0.717, 1.165) is 40.7 Å². The molecule has 1 aliphatic rings. The molecule has 0 amide bonds. The monoisotopic (exact) mass is 379 g/mol. The van der Waals surface area contributed by atoms with Gasteiger partial charge in [0.05, 0.1) is 31.0 Å². The van der Waals surface area contributed by atoms with Gasteiger partial charge in [-0.3, -0.25) is 0 Å². The van der Waals surface area contributed by atoms with Crippen molar-refractivity contribution in [3.05, 3.63) is 36.2 Å². The normalized spacial score (nSPS) is 17.2. The number of methoxy groups -OCH3 is 2. The van der Waals surface area contributed by atoms with Crippen LogP contribution in [0.4, 0.5) is 0 Å². The lowest BCUT2D eigenvalue weighted by Crippen LogP contribution is -2.29. The molecular formula is C21H25N5O2. The van der Waals surface area contributed by atoms with Gasteiger partial charge in [0.1, 0.15) is 0 Å².